The summed E-state index contributed by atoms with van der Waals surface area (Å²) in [6, 6.07) is 0. The Morgan fingerprint density at radius 2 is 1.46 bits per heavy atom. The molecule has 13 heavy (non-hydrogen) atoms. The van der Waals surface area contributed by atoms with E-state index in [1.807, 2.05) is 0 Å². The van der Waals surface area contributed by atoms with Crippen LogP contribution in [0.2, 0.25) is 0 Å². The zero-order chi connectivity index (χ0) is 9.53. The van der Waals surface area contributed by atoms with Gasteiger partial charge >= 0.3 is 0 Å². The molecule has 0 aromatic rings. The van der Waals surface area contributed by atoms with Crippen molar-refractivity contribution >= 4 is 0 Å². The van der Waals surface area contributed by atoms with E-state index in [2.05, 4.69) is 13.8 Å². The maximum atomic E-state index is 6.47. The predicted octanol–water partition coefficient (Wildman–Crippen LogP) is 3.08. The van der Waals surface area contributed by atoms with E-state index in [1.165, 1.54) is 44.9 Å². The third-order valence-corrected chi connectivity index (χ3v) is 4.45. The molecule has 0 aromatic heterocycles. The van der Waals surface area contributed by atoms with E-state index in [0.29, 0.717) is 5.41 Å². The molecule has 1 heteroatoms. The Balaban J connectivity index is 2.00. The molecule has 2 N–H and O–H groups in total. The maximum absolute atomic E-state index is 6.47. The molecule has 76 valence electrons. The highest BCUT2D eigenvalue weighted by molar-refractivity contribution is 5.18. The molecule has 0 aromatic carbocycles. The summed E-state index contributed by atoms with van der Waals surface area (Å²) in [6.45, 7) is 4.66. The van der Waals surface area contributed by atoms with E-state index in [-0.39, 0.29) is 5.54 Å². The lowest BCUT2D eigenvalue weighted by Gasteiger charge is -2.25. The SMILES string of the molecule is CC1(C)CC1(N)C1CCCCCC1. The summed E-state index contributed by atoms with van der Waals surface area (Å²) in [5.74, 6) is 0.824. The fourth-order valence-electron chi connectivity index (χ4n) is 3.18. The van der Waals surface area contributed by atoms with Gasteiger partial charge in [-0.25, -0.2) is 0 Å². The van der Waals surface area contributed by atoms with E-state index in [0.717, 1.165) is 5.92 Å². The summed E-state index contributed by atoms with van der Waals surface area (Å²) in [7, 11) is 0. The second-order valence-electron chi connectivity index (χ2n) is 5.79. The van der Waals surface area contributed by atoms with E-state index in [4.69, 9.17) is 5.73 Å². The van der Waals surface area contributed by atoms with Crippen molar-refractivity contribution in [1.82, 2.24) is 0 Å². The molecule has 1 unspecified atom stereocenters. The van der Waals surface area contributed by atoms with Crippen molar-refractivity contribution in [3.05, 3.63) is 0 Å². The summed E-state index contributed by atoms with van der Waals surface area (Å²) in [5, 5.41) is 0. The highest BCUT2D eigenvalue weighted by Gasteiger charge is 2.61. The Morgan fingerprint density at radius 3 is 1.85 bits per heavy atom. The Morgan fingerprint density at radius 1 is 1.00 bits per heavy atom. The minimum absolute atomic E-state index is 0.206. The van der Waals surface area contributed by atoms with Gasteiger partial charge < -0.3 is 5.73 Å². The summed E-state index contributed by atoms with van der Waals surface area (Å²) >= 11 is 0. The van der Waals surface area contributed by atoms with Gasteiger partial charge in [0.05, 0.1) is 0 Å². The quantitative estimate of drug-likeness (QED) is 0.618. The van der Waals surface area contributed by atoms with Crippen LogP contribution >= 0.6 is 0 Å². The summed E-state index contributed by atoms with van der Waals surface area (Å²) in [5.41, 5.74) is 7.11. The van der Waals surface area contributed by atoms with Crippen LogP contribution in [-0.2, 0) is 0 Å². The molecule has 0 bridgehead atoms. The largest absolute Gasteiger partial charge is 0.324 e. The van der Waals surface area contributed by atoms with Crippen LogP contribution in [0.15, 0.2) is 0 Å². The molecule has 2 saturated carbocycles. The van der Waals surface area contributed by atoms with Crippen molar-refractivity contribution in [1.29, 1.82) is 0 Å². The Bertz CT molecular complexity index is 189. The molecule has 1 atom stereocenters. The second-order valence-corrected chi connectivity index (χ2v) is 5.79. The maximum Gasteiger partial charge on any atom is 0.0241 e. The van der Waals surface area contributed by atoms with Crippen LogP contribution in [0.4, 0.5) is 0 Å². The average Bonchev–Trinajstić information content (AvgIpc) is 2.66. The van der Waals surface area contributed by atoms with E-state index < -0.39 is 0 Å². The smallest absolute Gasteiger partial charge is 0.0241 e. The van der Waals surface area contributed by atoms with Crippen LogP contribution in [0.3, 0.4) is 0 Å². The minimum atomic E-state index is 0.206. The lowest BCUT2D eigenvalue weighted by molar-refractivity contribution is 0.305. The number of nitrogens with two attached hydrogens (primary N) is 1. The summed E-state index contributed by atoms with van der Waals surface area (Å²) in [4.78, 5) is 0. The highest BCUT2D eigenvalue weighted by Crippen LogP contribution is 2.60. The van der Waals surface area contributed by atoms with Gasteiger partial charge in [0, 0.05) is 5.54 Å². The minimum Gasteiger partial charge on any atom is -0.324 e. The fraction of sp³-hybridized carbons (Fsp3) is 1.00. The molecular weight excluding hydrogens is 158 g/mol. The predicted molar refractivity (Wildman–Crippen MR) is 56.5 cm³/mol. The Hall–Kier alpha value is -0.0400. The highest BCUT2D eigenvalue weighted by atomic mass is 14.9. The van der Waals surface area contributed by atoms with Crippen LogP contribution in [0.5, 0.6) is 0 Å². The zero-order valence-electron chi connectivity index (χ0n) is 9.10. The fourth-order valence-corrected chi connectivity index (χ4v) is 3.18. The number of rotatable bonds is 1. The molecule has 0 radical (unpaired) electrons. The number of hydrogen-bond donors (Lipinski definition) is 1. The van der Waals surface area contributed by atoms with Crippen LogP contribution in [0, 0.1) is 11.3 Å². The molecule has 1 nitrogen and oxygen atoms in total. The van der Waals surface area contributed by atoms with Gasteiger partial charge in [0.25, 0.3) is 0 Å². The normalized spacial score (nSPS) is 39.9. The molecule has 2 fully saturated rings. The van der Waals surface area contributed by atoms with Gasteiger partial charge in [-0.05, 0) is 30.6 Å². The van der Waals surface area contributed by atoms with Crippen molar-refractivity contribution in [3.63, 3.8) is 0 Å². The Labute approximate surface area is 82.1 Å². The van der Waals surface area contributed by atoms with Gasteiger partial charge in [-0.2, -0.15) is 0 Å². The molecule has 0 heterocycles. The molecule has 0 aliphatic heterocycles. The zero-order valence-corrected chi connectivity index (χ0v) is 9.10. The van der Waals surface area contributed by atoms with Crippen molar-refractivity contribution in [2.45, 2.75) is 64.3 Å². The molecule has 2 aliphatic rings. The standard InChI is InChI=1S/C12H23N/c1-11(2)9-12(11,13)10-7-5-3-4-6-8-10/h10H,3-9,13H2,1-2H3. The first-order valence-electron chi connectivity index (χ1n) is 5.85. The van der Waals surface area contributed by atoms with Crippen LogP contribution < -0.4 is 5.73 Å². The van der Waals surface area contributed by atoms with Crippen LogP contribution in [0.25, 0.3) is 0 Å². The molecule has 2 rings (SSSR count). The lowest BCUT2D eigenvalue weighted by atomic mass is 9.85. The average molecular weight is 181 g/mol. The van der Waals surface area contributed by atoms with Gasteiger partial charge in [-0.3, -0.25) is 0 Å². The first-order valence-corrected chi connectivity index (χ1v) is 5.85. The second kappa shape index (κ2) is 2.98. The van der Waals surface area contributed by atoms with Crippen molar-refractivity contribution in [3.8, 4) is 0 Å². The van der Waals surface area contributed by atoms with Gasteiger partial charge in [-0.15, -0.1) is 0 Å². The van der Waals surface area contributed by atoms with Crippen LogP contribution in [-0.4, -0.2) is 5.54 Å². The summed E-state index contributed by atoms with van der Waals surface area (Å²) in [6.07, 6.45) is 9.74. The van der Waals surface area contributed by atoms with Gasteiger partial charge in [0.2, 0.25) is 0 Å². The van der Waals surface area contributed by atoms with Crippen molar-refractivity contribution < 1.29 is 0 Å². The van der Waals surface area contributed by atoms with E-state index >= 15 is 0 Å². The lowest BCUT2D eigenvalue weighted by Crippen LogP contribution is -2.37. The van der Waals surface area contributed by atoms with E-state index in [1.54, 1.807) is 0 Å². The van der Waals surface area contributed by atoms with Gasteiger partial charge in [0.15, 0.2) is 0 Å². The van der Waals surface area contributed by atoms with Crippen LogP contribution in [0.1, 0.15) is 58.8 Å². The third-order valence-electron chi connectivity index (χ3n) is 4.45. The van der Waals surface area contributed by atoms with Gasteiger partial charge in [0.1, 0.15) is 0 Å². The molecule has 0 spiro atoms. The Kier molecular flexibility index (Phi) is 2.18. The van der Waals surface area contributed by atoms with Crippen molar-refractivity contribution in [2.24, 2.45) is 17.1 Å². The topological polar surface area (TPSA) is 26.0 Å². The molecule has 0 amide bonds. The number of hydrogen-bond acceptors (Lipinski definition) is 1. The molecular formula is C12H23N. The molecule has 2 aliphatic carbocycles. The molecule has 0 saturated heterocycles. The van der Waals surface area contributed by atoms with Crippen molar-refractivity contribution in [2.75, 3.05) is 0 Å². The first-order chi connectivity index (χ1) is 6.06. The summed E-state index contributed by atoms with van der Waals surface area (Å²) < 4.78 is 0. The monoisotopic (exact) mass is 181 g/mol. The third kappa shape index (κ3) is 1.52. The van der Waals surface area contributed by atoms with Gasteiger partial charge in [-0.1, -0.05) is 39.5 Å². The van der Waals surface area contributed by atoms with E-state index in [9.17, 15) is 0 Å². The first kappa shape index (κ1) is 9.51.